The van der Waals surface area contributed by atoms with Gasteiger partial charge in [-0.2, -0.15) is 13.2 Å². The first-order valence-corrected chi connectivity index (χ1v) is 12.6. The minimum atomic E-state index is -4.48. The second kappa shape index (κ2) is 12.4. The van der Waals surface area contributed by atoms with Crippen molar-refractivity contribution in [3.05, 3.63) is 112 Å². The van der Waals surface area contributed by atoms with Crippen molar-refractivity contribution in [2.45, 2.75) is 18.6 Å². The molecule has 4 aromatic rings. The average molecular weight is 586 g/mol. The van der Waals surface area contributed by atoms with Gasteiger partial charge >= 0.3 is 6.18 Å². The number of rotatable bonds is 8. The van der Waals surface area contributed by atoms with Crippen molar-refractivity contribution in [1.29, 1.82) is 0 Å². The lowest BCUT2D eigenvalue weighted by Crippen LogP contribution is -2.50. The van der Waals surface area contributed by atoms with Crippen LogP contribution < -0.4 is 21.3 Å². The van der Waals surface area contributed by atoms with E-state index in [2.05, 4.69) is 5.32 Å². The van der Waals surface area contributed by atoms with Gasteiger partial charge in [-0.3, -0.25) is 15.0 Å². The first kappa shape index (κ1) is 29.6. The summed E-state index contributed by atoms with van der Waals surface area (Å²) in [5, 5.41) is 2.65. The lowest BCUT2D eigenvalue weighted by molar-refractivity contribution is -0.137. The predicted octanol–water partition coefficient (Wildman–Crippen LogP) is 6.17. The van der Waals surface area contributed by atoms with E-state index in [1.165, 1.54) is 43.5 Å². The van der Waals surface area contributed by atoms with Gasteiger partial charge in [0, 0.05) is 6.42 Å². The van der Waals surface area contributed by atoms with Crippen molar-refractivity contribution < 1.29 is 31.9 Å². The third-order valence-electron chi connectivity index (χ3n) is 6.40. The van der Waals surface area contributed by atoms with Crippen LogP contribution in [0.2, 0.25) is 5.02 Å². The highest BCUT2D eigenvalue weighted by Gasteiger charge is 2.30. The molecule has 0 aromatic heterocycles. The lowest BCUT2D eigenvalue weighted by atomic mass is 9.99. The summed E-state index contributed by atoms with van der Waals surface area (Å²) in [6.07, 6.45) is -4.39. The number of nitrogens with two attached hydrogens (primary N) is 1. The van der Waals surface area contributed by atoms with Crippen LogP contribution in [0.4, 0.5) is 17.6 Å². The van der Waals surface area contributed by atoms with Gasteiger partial charge in [0.05, 0.1) is 23.3 Å². The summed E-state index contributed by atoms with van der Waals surface area (Å²) in [5.41, 5.74) is 4.42. The Morgan fingerprint density at radius 3 is 2.00 bits per heavy atom. The Morgan fingerprint density at radius 2 is 1.44 bits per heavy atom. The summed E-state index contributed by atoms with van der Waals surface area (Å²) in [4.78, 5) is 25.9. The minimum absolute atomic E-state index is 0.00760. The highest BCUT2D eigenvalue weighted by Crippen LogP contribution is 2.32. The number of amides is 2. The fourth-order valence-electron chi connectivity index (χ4n) is 4.21. The van der Waals surface area contributed by atoms with Crippen molar-refractivity contribution in [3.63, 3.8) is 0 Å². The Balaban J connectivity index is 1.55. The summed E-state index contributed by atoms with van der Waals surface area (Å²) in [6, 6.07) is 19.5. The smallest absolute Gasteiger partial charge is 0.416 e. The van der Waals surface area contributed by atoms with Gasteiger partial charge in [-0.1, -0.05) is 60.1 Å². The number of hydrazine groups is 1. The highest BCUT2D eigenvalue weighted by atomic mass is 35.5. The van der Waals surface area contributed by atoms with Crippen molar-refractivity contribution in [3.8, 4) is 28.0 Å². The van der Waals surface area contributed by atoms with Crippen LogP contribution in [-0.4, -0.2) is 25.0 Å². The van der Waals surface area contributed by atoms with E-state index in [4.69, 9.17) is 22.2 Å². The first-order valence-electron chi connectivity index (χ1n) is 12.2. The standard InChI is InChI=1S/C30H24ClF4N3O3/c1-41-27-13-9-20(19-6-10-22(11-7-19)30(33,34)35)15-23(27)28(39)37-26(29(40)38-36)14-17-2-4-18(5-3-17)21-8-12-25(32)24(31)16-21/h2-13,15-16,26H,14,36H2,1H3,(H,37,39)(H,38,40)/t26-/m1/s1. The molecule has 11 heteroatoms. The molecule has 0 saturated heterocycles. The molecule has 0 fully saturated rings. The van der Waals surface area contributed by atoms with Crippen molar-refractivity contribution in [2.24, 2.45) is 5.84 Å². The normalized spacial score (nSPS) is 12.0. The number of nitrogens with one attached hydrogen (secondary N) is 2. The van der Waals surface area contributed by atoms with Crippen LogP contribution in [0, 0.1) is 5.82 Å². The van der Waals surface area contributed by atoms with Gasteiger partial charge in [0.25, 0.3) is 11.8 Å². The molecule has 0 heterocycles. The number of carbonyl (C=O) groups is 2. The van der Waals surface area contributed by atoms with Gasteiger partial charge in [-0.05, 0) is 64.2 Å². The van der Waals surface area contributed by atoms with Gasteiger partial charge in [-0.15, -0.1) is 0 Å². The third kappa shape index (κ3) is 7.03. The van der Waals surface area contributed by atoms with Crippen molar-refractivity contribution in [2.75, 3.05) is 7.11 Å². The highest BCUT2D eigenvalue weighted by molar-refractivity contribution is 6.31. The maximum atomic E-state index is 13.5. The number of carbonyl (C=O) groups excluding carboxylic acids is 2. The molecule has 0 radical (unpaired) electrons. The Bertz CT molecular complexity index is 1560. The van der Waals surface area contributed by atoms with Gasteiger partial charge in [0.1, 0.15) is 17.6 Å². The van der Waals surface area contributed by atoms with Crippen LogP contribution in [0.3, 0.4) is 0 Å². The van der Waals surface area contributed by atoms with E-state index in [1.807, 2.05) is 5.43 Å². The number of hydrogen-bond donors (Lipinski definition) is 3. The molecule has 0 spiro atoms. The van der Waals surface area contributed by atoms with E-state index in [-0.39, 0.29) is 22.8 Å². The lowest BCUT2D eigenvalue weighted by Gasteiger charge is -2.19. The monoisotopic (exact) mass is 585 g/mol. The summed E-state index contributed by atoms with van der Waals surface area (Å²) in [6.45, 7) is 0. The zero-order chi connectivity index (χ0) is 29.7. The molecule has 0 aliphatic carbocycles. The number of methoxy groups -OCH3 is 1. The van der Waals surface area contributed by atoms with Gasteiger partial charge < -0.3 is 10.1 Å². The minimum Gasteiger partial charge on any atom is -0.496 e. The van der Waals surface area contributed by atoms with E-state index in [0.717, 1.165) is 17.7 Å². The van der Waals surface area contributed by atoms with Gasteiger partial charge in [0.15, 0.2) is 0 Å². The zero-order valence-corrected chi connectivity index (χ0v) is 22.3. The zero-order valence-electron chi connectivity index (χ0n) is 21.6. The summed E-state index contributed by atoms with van der Waals surface area (Å²) < 4.78 is 57.7. The van der Waals surface area contributed by atoms with E-state index in [1.54, 1.807) is 36.4 Å². The van der Waals surface area contributed by atoms with E-state index >= 15 is 0 Å². The summed E-state index contributed by atoms with van der Waals surface area (Å²) in [5.74, 6) is 3.74. The van der Waals surface area contributed by atoms with Crippen LogP contribution in [0.15, 0.2) is 84.9 Å². The molecular weight excluding hydrogens is 562 g/mol. The van der Waals surface area contributed by atoms with Crippen LogP contribution in [0.5, 0.6) is 5.75 Å². The van der Waals surface area contributed by atoms with E-state index < -0.39 is 35.4 Å². The number of ether oxygens (including phenoxy) is 1. The number of benzene rings is 4. The second-order valence-electron chi connectivity index (χ2n) is 9.05. The SMILES string of the molecule is COc1ccc(-c2ccc(C(F)(F)F)cc2)cc1C(=O)N[C@H](Cc1ccc(-c2ccc(F)c(Cl)c2)cc1)C(=O)NN. The predicted molar refractivity (Wildman–Crippen MR) is 148 cm³/mol. The topological polar surface area (TPSA) is 93.4 Å². The molecule has 212 valence electrons. The molecule has 2 amide bonds. The number of halogens is 5. The molecule has 0 bridgehead atoms. The van der Waals surface area contributed by atoms with Gasteiger partial charge in [-0.25, -0.2) is 10.2 Å². The Hall–Kier alpha value is -4.41. The van der Waals surface area contributed by atoms with Crippen LogP contribution >= 0.6 is 11.6 Å². The maximum absolute atomic E-state index is 13.5. The summed E-state index contributed by atoms with van der Waals surface area (Å²) in [7, 11) is 1.36. The molecule has 41 heavy (non-hydrogen) atoms. The third-order valence-corrected chi connectivity index (χ3v) is 6.69. The molecule has 0 unspecified atom stereocenters. The molecule has 4 N–H and O–H groups in total. The molecule has 0 aliphatic rings. The number of hydrogen-bond acceptors (Lipinski definition) is 4. The van der Waals surface area contributed by atoms with Crippen LogP contribution in [-0.2, 0) is 17.4 Å². The quantitative estimate of drug-likeness (QED) is 0.0998. The van der Waals surface area contributed by atoms with Crippen molar-refractivity contribution in [1.82, 2.24) is 10.7 Å². The number of alkyl halides is 3. The molecule has 0 aliphatic heterocycles. The Morgan fingerprint density at radius 1 is 0.878 bits per heavy atom. The average Bonchev–Trinajstić information content (AvgIpc) is 2.97. The molecule has 0 saturated carbocycles. The molecule has 6 nitrogen and oxygen atoms in total. The maximum Gasteiger partial charge on any atom is 0.416 e. The van der Waals surface area contributed by atoms with Crippen LogP contribution in [0.25, 0.3) is 22.3 Å². The summed E-state index contributed by atoms with van der Waals surface area (Å²) >= 11 is 5.88. The fourth-order valence-corrected chi connectivity index (χ4v) is 4.39. The fraction of sp³-hybridized carbons (Fsp3) is 0.133. The van der Waals surface area contributed by atoms with Crippen molar-refractivity contribution >= 4 is 23.4 Å². The second-order valence-corrected chi connectivity index (χ2v) is 9.46. The van der Waals surface area contributed by atoms with Crippen LogP contribution in [0.1, 0.15) is 21.5 Å². The largest absolute Gasteiger partial charge is 0.496 e. The van der Waals surface area contributed by atoms with E-state index in [0.29, 0.717) is 22.3 Å². The molecule has 4 aromatic carbocycles. The molecular formula is C30H24ClF4N3O3. The Labute approximate surface area is 238 Å². The first-order chi connectivity index (χ1) is 19.5. The molecule has 1 atom stereocenters. The van der Waals surface area contributed by atoms with E-state index in [9.17, 15) is 27.2 Å². The molecule has 4 rings (SSSR count). The Kier molecular flexibility index (Phi) is 8.95. The van der Waals surface area contributed by atoms with Gasteiger partial charge in [0.2, 0.25) is 0 Å².